The number of H-pyrrole nitrogens is 1. The lowest BCUT2D eigenvalue weighted by Crippen LogP contribution is -2.43. The molecule has 1 aromatic rings. The Kier molecular flexibility index (Phi) is 5.82. The van der Waals surface area contributed by atoms with Crippen molar-refractivity contribution in [2.45, 2.75) is 76.0 Å². The van der Waals surface area contributed by atoms with Crippen LogP contribution in [0.3, 0.4) is 0 Å². The van der Waals surface area contributed by atoms with Gasteiger partial charge in [0, 0.05) is 44.4 Å². The molecule has 2 saturated heterocycles. The van der Waals surface area contributed by atoms with E-state index in [1.165, 1.54) is 16.2 Å². The molecule has 3 heterocycles. The van der Waals surface area contributed by atoms with Crippen LogP contribution in [-0.4, -0.2) is 69.6 Å². The Morgan fingerprint density at radius 3 is 2.44 bits per heavy atom. The van der Waals surface area contributed by atoms with Crippen LogP contribution in [0, 0.1) is 0 Å². The maximum Gasteiger partial charge on any atom is 0.407 e. The molecule has 3 rings (SSSR count). The summed E-state index contributed by atoms with van der Waals surface area (Å²) in [4.78, 5) is 14.4. The summed E-state index contributed by atoms with van der Waals surface area (Å²) in [6.45, 7) is 6.45. The van der Waals surface area contributed by atoms with Crippen molar-refractivity contribution >= 4 is 6.09 Å². The fourth-order valence-electron chi connectivity index (χ4n) is 4.85. The minimum absolute atomic E-state index is 0.0191. The molecule has 2 aliphatic heterocycles. The summed E-state index contributed by atoms with van der Waals surface area (Å²) in [6, 6.07) is 0. The van der Waals surface area contributed by atoms with Crippen LogP contribution < -0.4 is 0 Å². The van der Waals surface area contributed by atoms with Crippen molar-refractivity contribution in [2.24, 2.45) is 0 Å². The summed E-state index contributed by atoms with van der Waals surface area (Å²) in [5, 5.41) is 16.7. The molecule has 7 heteroatoms. The lowest BCUT2D eigenvalue weighted by Gasteiger charge is -2.43. The van der Waals surface area contributed by atoms with Gasteiger partial charge in [-0.3, -0.25) is 5.10 Å². The quantitative estimate of drug-likeness (QED) is 0.724. The van der Waals surface area contributed by atoms with Crippen LogP contribution in [0.1, 0.15) is 69.5 Å². The van der Waals surface area contributed by atoms with Gasteiger partial charge in [-0.2, -0.15) is 5.10 Å². The van der Waals surface area contributed by atoms with Gasteiger partial charge in [0.05, 0.1) is 16.9 Å². The number of hydrogen-bond acceptors (Lipinski definition) is 4. The van der Waals surface area contributed by atoms with Gasteiger partial charge >= 0.3 is 6.09 Å². The summed E-state index contributed by atoms with van der Waals surface area (Å²) >= 11 is 0. The molecule has 2 aliphatic rings. The molecule has 0 radical (unpaired) electrons. The second-order valence-electron chi connectivity index (χ2n) is 8.52. The first-order chi connectivity index (χ1) is 12.8. The molecular weight excluding hydrogens is 344 g/mol. The van der Waals surface area contributed by atoms with Crippen molar-refractivity contribution < 1.29 is 14.6 Å². The monoisotopic (exact) mass is 378 g/mol. The van der Waals surface area contributed by atoms with E-state index in [0.717, 1.165) is 45.1 Å². The number of ether oxygens (including phenoxy) is 1. The van der Waals surface area contributed by atoms with Crippen molar-refractivity contribution in [1.82, 2.24) is 20.0 Å². The SMILES string of the molecule is CC[C@]12CC[C@](CC)(C[C@H](c3n[nH]cc3CN(C)CCN(C)C(=O)O)C1)O2. The van der Waals surface area contributed by atoms with Crippen LogP contribution >= 0.6 is 0 Å². The smallest absolute Gasteiger partial charge is 0.407 e. The maximum absolute atomic E-state index is 11.0. The number of amides is 1. The molecule has 27 heavy (non-hydrogen) atoms. The van der Waals surface area contributed by atoms with E-state index < -0.39 is 6.09 Å². The zero-order chi connectivity index (χ0) is 19.7. The number of rotatable bonds is 8. The van der Waals surface area contributed by atoms with Gasteiger partial charge in [-0.25, -0.2) is 4.79 Å². The number of hydrogen-bond donors (Lipinski definition) is 2. The number of aromatic amines is 1. The van der Waals surface area contributed by atoms with Crippen molar-refractivity contribution in [3.8, 4) is 0 Å². The topological polar surface area (TPSA) is 81.7 Å². The highest BCUT2D eigenvalue weighted by Gasteiger charge is 2.54. The van der Waals surface area contributed by atoms with Crippen molar-refractivity contribution in [2.75, 3.05) is 27.2 Å². The second-order valence-corrected chi connectivity index (χ2v) is 8.52. The van der Waals surface area contributed by atoms with Crippen LogP contribution in [0.5, 0.6) is 0 Å². The maximum atomic E-state index is 11.0. The van der Waals surface area contributed by atoms with Crippen LogP contribution in [0.15, 0.2) is 6.20 Å². The molecule has 0 saturated carbocycles. The van der Waals surface area contributed by atoms with E-state index in [1.54, 1.807) is 7.05 Å². The molecule has 1 aromatic heterocycles. The summed E-state index contributed by atoms with van der Waals surface area (Å²) in [7, 11) is 3.63. The van der Waals surface area contributed by atoms with Crippen LogP contribution in [0.2, 0.25) is 0 Å². The van der Waals surface area contributed by atoms with E-state index in [-0.39, 0.29) is 11.2 Å². The molecule has 0 spiro atoms. The van der Waals surface area contributed by atoms with Gasteiger partial charge < -0.3 is 19.6 Å². The molecular formula is C20H34N4O3. The highest BCUT2D eigenvalue weighted by atomic mass is 16.5. The van der Waals surface area contributed by atoms with Crippen LogP contribution in [-0.2, 0) is 11.3 Å². The summed E-state index contributed by atoms with van der Waals surface area (Å²) < 4.78 is 6.60. The van der Waals surface area contributed by atoms with Crippen LogP contribution in [0.25, 0.3) is 0 Å². The Labute approximate surface area is 162 Å². The summed E-state index contributed by atoms with van der Waals surface area (Å²) in [5.74, 6) is 0.428. The van der Waals surface area contributed by atoms with Gasteiger partial charge in [-0.1, -0.05) is 13.8 Å². The van der Waals surface area contributed by atoms with E-state index >= 15 is 0 Å². The molecule has 152 valence electrons. The predicted molar refractivity (Wildman–Crippen MR) is 104 cm³/mol. The molecule has 0 aliphatic carbocycles. The number of carboxylic acid groups (broad SMARTS) is 1. The first kappa shape index (κ1) is 20.1. The average Bonchev–Trinajstić information content (AvgIpc) is 3.22. The van der Waals surface area contributed by atoms with Gasteiger partial charge in [0.2, 0.25) is 0 Å². The van der Waals surface area contributed by atoms with E-state index in [4.69, 9.17) is 9.84 Å². The lowest BCUT2D eigenvalue weighted by atomic mass is 9.79. The standard InChI is InChI=1S/C20H34N4O3/c1-5-19-7-8-20(6-2,27-19)12-15(11-19)17-16(13-21-22-17)14-23(3)9-10-24(4)18(25)26/h13,15H,5-12,14H2,1-4H3,(H,21,22)(H,25,26)/t15-,19+,20-. The summed E-state index contributed by atoms with van der Waals surface area (Å²) in [5.41, 5.74) is 2.44. The Morgan fingerprint density at radius 1 is 1.26 bits per heavy atom. The Hall–Kier alpha value is -1.60. The van der Waals surface area contributed by atoms with Crippen molar-refractivity contribution in [3.63, 3.8) is 0 Å². The lowest BCUT2D eigenvalue weighted by molar-refractivity contribution is -0.149. The number of likely N-dealkylation sites (N-methyl/N-ethyl adjacent to an activating group) is 2. The second kappa shape index (κ2) is 7.80. The molecule has 1 amide bonds. The number of aromatic nitrogens is 2. The van der Waals surface area contributed by atoms with E-state index in [9.17, 15) is 4.79 Å². The number of nitrogens with zero attached hydrogens (tertiary/aromatic N) is 3. The number of nitrogens with one attached hydrogen (secondary N) is 1. The number of carbonyl (C=O) groups is 1. The molecule has 3 atom stereocenters. The third kappa shape index (κ3) is 4.14. The zero-order valence-electron chi connectivity index (χ0n) is 17.1. The fourth-order valence-corrected chi connectivity index (χ4v) is 4.85. The fraction of sp³-hybridized carbons (Fsp3) is 0.800. The third-order valence-electron chi connectivity index (χ3n) is 6.72. The Morgan fingerprint density at radius 2 is 1.89 bits per heavy atom. The molecule has 0 unspecified atom stereocenters. The molecule has 7 nitrogen and oxygen atoms in total. The zero-order valence-corrected chi connectivity index (χ0v) is 17.1. The summed E-state index contributed by atoms with van der Waals surface area (Å²) in [6.07, 6.45) is 7.66. The predicted octanol–water partition coefficient (Wildman–Crippen LogP) is 3.44. The van der Waals surface area contributed by atoms with E-state index in [1.807, 2.05) is 13.2 Å². The minimum Gasteiger partial charge on any atom is -0.465 e. The molecule has 2 N–H and O–H groups in total. The highest BCUT2D eigenvalue weighted by Crippen LogP contribution is 2.55. The van der Waals surface area contributed by atoms with Crippen molar-refractivity contribution in [1.29, 1.82) is 0 Å². The van der Waals surface area contributed by atoms with E-state index in [2.05, 4.69) is 28.9 Å². The van der Waals surface area contributed by atoms with Gasteiger partial charge in [0.1, 0.15) is 0 Å². The highest BCUT2D eigenvalue weighted by molar-refractivity contribution is 5.64. The van der Waals surface area contributed by atoms with Gasteiger partial charge in [-0.05, 0) is 45.6 Å². The molecule has 2 fully saturated rings. The normalized spacial score (nSPS) is 30.0. The first-order valence-corrected chi connectivity index (χ1v) is 10.2. The average molecular weight is 379 g/mol. The van der Waals surface area contributed by atoms with Crippen molar-refractivity contribution in [3.05, 3.63) is 17.5 Å². The Balaban J connectivity index is 1.68. The largest absolute Gasteiger partial charge is 0.465 e. The van der Waals surface area contributed by atoms with Gasteiger partial charge in [0.15, 0.2) is 0 Å². The third-order valence-corrected chi connectivity index (χ3v) is 6.72. The van der Waals surface area contributed by atoms with E-state index in [0.29, 0.717) is 19.0 Å². The number of fused-ring (bicyclic) bond motifs is 2. The molecule has 0 aromatic carbocycles. The minimum atomic E-state index is -0.889. The Bertz CT molecular complexity index is 643. The first-order valence-electron chi connectivity index (χ1n) is 10.2. The van der Waals surface area contributed by atoms with Gasteiger partial charge in [0.25, 0.3) is 0 Å². The molecule has 2 bridgehead atoms. The van der Waals surface area contributed by atoms with Gasteiger partial charge in [-0.15, -0.1) is 0 Å². The van der Waals surface area contributed by atoms with Crippen LogP contribution in [0.4, 0.5) is 4.79 Å².